The minimum atomic E-state index is -0.552. The Morgan fingerprint density at radius 3 is 2.80 bits per heavy atom. The standard InChI is InChI=1S/C15H19N5/c16-12-4-1-6-15(17,13-5-8-19-10-20-13)14(12)11-3-2-7-18-9-11/h2-3,5,7-10,12,14H,1,4,6,16-17H2. The van der Waals surface area contributed by atoms with Crippen LogP contribution in [0.2, 0.25) is 0 Å². The molecule has 1 saturated carbocycles. The molecule has 1 fully saturated rings. The van der Waals surface area contributed by atoms with E-state index in [-0.39, 0.29) is 12.0 Å². The second kappa shape index (κ2) is 5.26. The lowest BCUT2D eigenvalue weighted by molar-refractivity contribution is 0.220. The number of hydrogen-bond donors (Lipinski definition) is 2. The molecule has 3 atom stereocenters. The summed E-state index contributed by atoms with van der Waals surface area (Å²) in [5, 5.41) is 0. The molecule has 1 aliphatic rings. The first-order valence-corrected chi connectivity index (χ1v) is 6.93. The third-order valence-electron chi connectivity index (χ3n) is 4.21. The first kappa shape index (κ1) is 13.1. The smallest absolute Gasteiger partial charge is 0.115 e. The van der Waals surface area contributed by atoms with Crippen molar-refractivity contribution < 1.29 is 0 Å². The number of aromatic nitrogens is 3. The van der Waals surface area contributed by atoms with Crippen LogP contribution in [0.3, 0.4) is 0 Å². The zero-order chi connectivity index (χ0) is 14.0. The van der Waals surface area contributed by atoms with Gasteiger partial charge in [0, 0.05) is 30.6 Å². The Hall–Kier alpha value is -1.85. The molecule has 0 amide bonds. The van der Waals surface area contributed by atoms with Crippen LogP contribution >= 0.6 is 0 Å². The van der Waals surface area contributed by atoms with Gasteiger partial charge in [0.25, 0.3) is 0 Å². The minimum absolute atomic E-state index is 0.0212. The maximum absolute atomic E-state index is 6.75. The topological polar surface area (TPSA) is 90.7 Å². The van der Waals surface area contributed by atoms with Gasteiger partial charge in [0.2, 0.25) is 0 Å². The highest BCUT2D eigenvalue weighted by atomic mass is 14.9. The highest BCUT2D eigenvalue weighted by Crippen LogP contribution is 2.44. The van der Waals surface area contributed by atoms with Crippen LogP contribution in [0.15, 0.2) is 43.1 Å². The fraction of sp³-hybridized carbons (Fsp3) is 0.400. The van der Waals surface area contributed by atoms with E-state index in [4.69, 9.17) is 11.5 Å². The summed E-state index contributed by atoms with van der Waals surface area (Å²) in [5.41, 5.74) is 14.5. The highest BCUT2D eigenvalue weighted by molar-refractivity contribution is 5.30. The first-order chi connectivity index (χ1) is 9.72. The van der Waals surface area contributed by atoms with Gasteiger partial charge in [-0.25, -0.2) is 9.97 Å². The van der Waals surface area contributed by atoms with Gasteiger partial charge >= 0.3 is 0 Å². The second-order valence-corrected chi connectivity index (χ2v) is 5.46. The van der Waals surface area contributed by atoms with Crippen molar-refractivity contribution in [2.24, 2.45) is 11.5 Å². The molecule has 4 N–H and O–H groups in total. The SMILES string of the molecule is NC1CCCC(N)(c2ccncn2)C1c1cccnc1. The molecule has 0 spiro atoms. The van der Waals surface area contributed by atoms with Crippen LogP contribution < -0.4 is 11.5 Å². The van der Waals surface area contributed by atoms with E-state index in [0.717, 1.165) is 30.5 Å². The van der Waals surface area contributed by atoms with Gasteiger partial charge in [-0.3, -0.25) is 4.98 Å². The van der Waals surface area contributed by atoms with Crippen LogP contribution in [0.5, 0.6) is 0 Å². The zero-order valence-corrected chi connectivity index (χ0v) is 11.3. The molecular weight excluding hydrogens is 250 g/mol. The molecule has 104 valence electrons. The average molecular weight is 269 g/mol. The van der Waals surface area contributed by atoms with Crippen molar-refractivity contribution in [1.82, 2.24) is 15.0 Å². The Bertz CT molecular complexity index is 559. The van der Waals surface area contributed by atoms with Gasteiger partial charge in [-0.2, -0.15) is 0 Å². The van der Waals surface area contributed by atoms with E-state index in [1.54, 1.807) is 18.7 Å². The molecule has 0 aliphatic heterocycles. The summed E-state index contributed by atoms with van der Waals surface area (Å²) in [7, 11) is 0. The lowest BCUT2D eigenvalue weighted by atomic mass is 9.66. The summed E-state index contributed by atoms with van der Waals surface area (Å²) < 4.78 is 0. The van der Waals surface area contributed by atoms with E-state index >= 15 is 0 Å². The van der Waals surface area contributed by atoms with E-state index in [0.29, 0.717) is 0 Å². The van der Waals surface area contributed by atoms with Gasteiger partial charge in [-0.15, -0.1) is 0 Å². The van der Waals surface area contributed by atoms with Crippen molar-refractivity contribution in [3.05, 3.63) is 54.4 Å². The van der Waals surface area contributed by atoms with Crippen LogP contribution in [0.1, 0.15) is 36.4 Å². The van der Waals surface area contributed by atoms with Crippen molar-refractivity contribution >= 4 is 0 Å². The molecule has 0 radical (unpaired) electrons. The molecule has 5 heteroatoms. The largest absolute Gasteiger partial charge is 0.327 e. The molecular formula is C15H19N5. The average Bonchev–Trinajstić information content (AvgIpc) is 2.49. The fourth-order valence-corrected chi connectivity index (χ4v) is 3.29. The van der Waals surface area contributed by atoms with Gasteiger partial charge < -0.3 is 11.5 Å². The number of hydrogen-bond acceptors (Lipinski definition) is 5. The van der Waals surface area contributed by atoms with Crippen molar-refractivity contribution in [3.8, 4) is 0 Å². The molecule has 3 rings (SSSR count). The quantitative estimate of drug-likeness (QED) is 0.858. The normalized spacial score (nSPS) is 30.1. The summed E-state index contributed by atoms with van der Waals surface area (Å²) in [6, 6.07) is 5.89. The van der Waals surface area contributed by atoms with Crippen LogP contribution in [-0.4, -0.2) is 21.0 Å². The summed E-state index contributed by atoms with van der Waals surface area (Å²) in [6.45, 7) is 0. The van der Waals surface area contributed by atoms with Gasteiger partial charge in [0.05, 0.1) is 11.2 Å². The first-order valence-electron chi connectivity index (χ1n) is 6.93. The lowest BCUT2D eigenvalue weighted by Crippen LogP contribution is -2.53. The maximum atomic E-state index is 6.75. The molecule has 0 saturated heterocycles. The molecule has 2 heterocycles. The molecule has 20 heavy (non-hydrogen) atoms. The van der Waals surface area contributed by atoms with Gasteiger partial charge in [0.15, 0.2) is 0 Å². The minimum Gasteiger partial charge on any atom is -0.327 e. The molecule has 0 aromatic carbocycles. The third kappa shape index (κ3) is 2.19. The highest BCUT2D eigenvalue weighted by Gasteiger charge is 2.44. The van der Waals surface area contributed by atoms with Crippen molar-refractivity contribution in [3.63, 3.8) is 0 Å². The van der Waals surface area contributed by atoms with Crippen LogP contribution in [-0.2, 0) is 5.54 Å². The Labute approximate surface area is 118 Å². The Balaban J connectivity index is 2.07. The second-order valence-electron chi connectivity index (χ2n) is 5.46. The molecule has 0 bridgehead atoms. The van der Waals surface area contributed by atoms with Gasteiger partial charge in [0.1, 0.15) is 6.33 Å². The Morgan fingerprint density at radius 1 is 1.20 bits per heavy atom. The zero-order valence-electron chi connectivity index (χ0n) is 11.3. The molecule has 3 unspecified atom stereocenters. The molecule has 2 aromatic rings. The molecule has 1 aliphatic carbocycles. The third-order valence-corrected chi connectivity index (χ3v) is 4.21. The molecule has 2 aromatic heterocycles. The van der Waals surface area contributed by atoms with E-state index < -0.39 is 5.54 Å². The summed E-state index contributed by atoms with van der Waals surface area (Å²) in [6.07, 6.45) is 9.76. The summed E-state index contributed by atoms with van der Waals surface area (Å²) >= 11 is 0. The van der Waals surface area contributed by atoms with Crippen molar-refractivity contribution in [1.29, 1.82) is 0 Å². The van der Waals surface area contributed by atoms with Gasteiger partial charge in [-0.05, 0) is 37.0 Å². The summed E-state index contributed by atoms with van der Waals surface area (Å²) in [4.78, 5) is 12.6. The Morgan fingerprint density at radius 2 is 2.10 bits per heavy atom. The maximum Gasteiger partial charge on any atom is 0.115 e. The van der Waals surface area contributed by atoms with Gasteiger partial charge in [-0.1, -0.05) is 6.07 Å². The number of rotatable bonds is 2. The van der Waals surface area contributed by atoms with E-state index in [1.165, 1.54) is 0 Å². The predicted molar refractivity (Wildman–Crippen MR) is 76.7 cm³/mol. The number of nitrogens with two attached hydrogens (primary N) is 2. The van der Waals surface area contributed by atoms with Crippen molar-refractivity contribution in [2.75, 3.05) is 0 Å². The van der Waals surface area contributed by atoms with Crippen LogP contribution in [0.25, 0.3) is 0 Å². The monoisotopic (exact) mass is 269 g/mol. The summed E-state index contributed by atoms with van der Waals surface area (Å²) in [5.74, 6) is 0.0276. The van der Waals surface area contributed by atoms with E-state index in [9.17, 15) is 0 Å². The van der Waals surface area contributed by atoms with E-state index in [1.807, 2.05) is 24.4 Å². The number of pyridine rings is 1. The number of nitrogens with zero attached hydrogens (tertiary/aromatic N) is 3. The van der Waals surface area contributed by atoms with Crippen LogP contribution in [0, 0.1) is 0 Å². The van der Waals surface area contributed by atoms with Crippen molar-refractivity contribution in [2.45, 2.75) is 36.8 Å². The van der Waals surface area contributed by atoms with E-state index in [2.05, 4.69) is 15.0 Å². The lowest BCUT2D eigenvalue weighted by Gasteiger charge is -2.44. The van der Waals surface area contributed by atoms with Crippen LogP contribution in [0.4, 0.5) is 0 Å². The molecule has 5 nitrogen and oxygen atoms in total. The fourth-order valence-electron chi connectivity index (χ4n) is 3.29. The predicted octanol–water partition coefficient (Wildman–Crippen LogP) is 1.32. The Kier molecular flexibility index (Phi) is 3.46.